The van der Waals surface area contributed by atoms with E-state index >= 15 is 0 Å². The molecule has 0 aromatic carbocycles. The van der Waals surface area contributed by atoms with Crippen molar-refractivity contribution in [1.29, 1.82) is 0 Å². The average molecular weight is 386 g/mol. The highest BCUT2D eigenvalue weighted by Gasteiger charge is 2.35. The molecule has 0 spiro atoms. The number of nitrogens with one attached hydrogen (secondary N) is 1. The summed E-state index contributed by atoms with van der Waals surface area (Å²) in [6.45, 7) is 3.27. The van der Waals surface area contributed by atoms with Crippen LogP contribution in [0.3, 0.4) is 0 Å². The van der Waals surface area contributed by atoms with E-state index in [0.29, 0.717) is 19.0 Å². The summed E-state index contributed by atoms with van der Waals surface area (Å²) >= 11 is 0. The van der Waals surface area contributed by atoms with E-state index in [1.54, 1.807) is 6.20 Å². The molecule has 1 N–H and O–H groups in total. The van der Waals surface area contributed by atoms with Gasteiger partial charge in [0.1, 0.15) is 12.4 Å². The van der Waals surface area contributed by atoms with Crippen LogP contribution in [0.15, 0.2) is 18.5 Å². The van der Waals surface area contributed by atoms with Gasteiger partial charge in [0.15, 0.2) is 5.82 Å². The Bertz CT molecular complexity index is 756. The van der Waals surface area contributed by atoms with Crippen molar-refractivity contribution < 1.29 is 4.79 Å². The second-order valence-electron chi connectivity index (χ2n) is 8.21. The number of nitrogens with zero attached hydrogens (tertiary/aromatic N) is 6. The van der Waals surface area contributed by atoms with Crippen LogP contribution in [0, 0.1) is 0 Å². The molecule has 2 fully saturated rings. The Morgan fingerprint density at radius 3 is 2.61 bits per heavy atom. The standard InChI is InChI=1S/C20H31N7O/c1-25-18(14-27-11-7-8-21-27)23-24-20(25)16-12-17(13-16)22-19(28)15-26-9-5-3-2-4-6-10-26/h7-8,11,16-17H,2-6,9-10,12-15H2,1H3,(H,22,28). The van der Waals surface area contributed by atoms with Crippen molar-refractivity contribution in [2.24, 2.45) is 7.05 Å². The predicted molar refractivity (Wildman–Crippen MR) is 106 cm³/mol. The molecule has 3 heterocycles. The lowest BCUT2D eigenvalue weighted by Crippen LogP contribution is -2.48. The normalized spacial score (nSPS) is 23.6. The third-order valence-electron chi connectivity index (χ3n) is 6.05. The molecule has 1 amide bonds. The van der Waals surface area contributed by atoms with E-state index in [0.717, 1.165) is 37.6 Å². The molecule has 2 aromatic heterocycles. The van der Waals surface area contributed by atoms with E-state index in [1.165, 1.54) is 32.1 Å². The fourth-order valence-electron chi connectivity index (χ4n) is 4.30. The molecule has 0 atom stereocenters. The Kier molecular flexibility index (Phi) is 6.04. The zero-order valence-corrected chi connectivity index (χ0v) is 16.8. The monoisotopic (exact) mass is 385 g/mol. The Morgan fingerprint density at radius 1 is 1.14 bits per heavy atom. The summed E-state index contributed by atoms with van der Waals surface area (Å²) in [4.78, 5) is 14.7. The van der Waals surface area contributed by atoms with Crippen LogP contribution in [0.2, 0.25) is 0 Å². The van der Waals surface area contributed by atoms with Crippen LogP contribution in [0.25, 0.3) is 0 Å². The first-order chi connectivity index (χ1) is 13.7. The second kappa shape index (κ2) is 8.86. The number of carbonyl (C=O) groups is 1. The minimum Gasteiger partial charge on any atom is -0.352 e. The lowest BCUT2D eigenvalue weighted by Gasteiger charge is -2.35. The molecule has 152 valence electrons. The van der Waals surface area contributed by atoms with Gasteiger partial charge in [-0.25, -0.2) is 0 Å². The molecule has 2 aliphatic rings. The van der Waals surface area contributed by atoms with E-state index in [-0.39, 0.29) is 11.9 Å². The Balaban J connectivity index is 1.23. The second-order valence-corrected chi connectivity index (χ2v) is 8.21. The third kappa shape index (κ3) is 4.60. The summed E-state index contributed by atoms with van der Waals surface area (Å²) in [6.07, 6.45) is 11.9. The van der Waals surface area contributed by atoms with Gasteiger partial charge in [-0.2, -0.15) is 5.10 Å². The molecule has 1 aliphatic heterocycles. The van der Waals surface area contributed by atoms with Gasteiger partial charge in [-0.05, 0) is 44.8 Å². The van der Waals surface area contributed by atoms with Crippen molar-refractivity contribution in [3.63, 3.8) is 0 Å². The SMILES string of the molecule is Cn1c(Cn2cccn2)nnc1C1CC(NC(=O)CN2CCCCCCC2)C1. The third-order valence-corrected chi connectivity index (χ3v) is 6.05. The van der Waals surface area contributed by atoms with Gasteiger partial charge < -0.3 is 9.88 Å². The molecular weight excluding hydrogens is 354 g/mol. The molecular formula is C20H31N7O. The van der Waals surface area contributed by atoms with Crippen molar-refractivity contribution in [1.82, 2.24) is 34.8 Å². The van der Waals surface area contributed by atoms with Gasteiger partial charge in [-0.1, -0.05) is 19.3 Å². The highest BCUT2D eigenvalue weighted by Crippen LogP contribution is 2.35. The molecule has 8 nitrogen and oxygen atoms in total. The van der Waals surface area contributed by atoms with E-state index in [9.17, 15) is 4.79 Å². The molecule has 1 saturated carbocycles. The number of hydrogen-bond acceptors (Lipinski definition) is 5. The highest BCUT2D eigenvalue weighted by atomic mass is 16.2. The maximum Gasteiger partial charge on any atom is 0.234 e. The average Bonchev–Trinajstić information content (AvgIpc) is 3.25. The van der Waals surface area contributed by atoms with Crippen LogP contribution in [-0.2, 0) is 18.4 Å². The van der Waals surface area contributed by atoms with Gasteiger partial charge in [-0.3, -0.25) is 14.4 Å². The predicted octanol–water partition coefficient (Wildman–Crippen LogP) is 1.69. The minimum atomic E-state index is 0.168. The quantitative estimate of drug-likeness (QED) is 0.818. The van der Waals surface area contributed by atoms with E-state index in [1.807, 2.05) is 24.0 Å². The largest absolute Gasteiger partial charge is 0.352 e. The van der Waals surface area contributed by atoms with Gasteiger partial charge in [-0.15, -0.1) is 10.2 Å². The molecule has 0 radical (unpaired) electrons. The van der Waals surface area contributed by atoms with Gasteiger partial charge in [0.25, 0.3) is 0 Å². The van der Waals surface area contributed by atoms with Crippen LogP contribution >= 0.6 is 0 Å². The Morgan fingerprint density at radius 2 is 1.89 bits per heavy atom. The summed E-state index contributed by atoms with van der Waals surface area (Å²) in [5.74, 6) is 2.46. The van der Waals surface area contributed by atoms with Crippen LogP contribution < -0.4 is 5.32 Å². The lowest BCUT2D eigenvalue weighted by molar-refractivity contribution is -0.123. The summed E-state index contributed by atoms with van der Waals surface area (Å²) in [7, 11) is 2.02. The summed E-state index contributed by atoms with van der Waals surface area (Å²) in [5, 5.41) is 16.2. The van der Waals surface area contributed by atoms with Gasteiger partial charge >= 0.3 is 0 Å². The molecule has 0 unspecified atom stereocenters. The molecule has 2 aromatic rings. The van der Waals surface area contributed by atoms with Crippen molar-refractivity contribution in [3.05, 3.63) is 30.1 Å². The zero-order chi connectivity index (χ0) is 19.3. The number of amides is 1. The van der Waals surface area contributed by atoms with Crippen molar-refractivity contribution >= 4 is 5.91 Å². The number of rotatable bonds is 6. The maximum absolute atomic E-state index is 12.4. The first-order valence-electron chi connectivity index (χ1n) is 10.6. The van der Waals surface area contributed by atoms with Gasteiger partial charge in [0.05, 0.1) is 6.54 Å². The summed E-state index contributed by atoms with van der Waals surface area (Å²) in [6, 6.07) is 2.17. The lowest BCUT2D eigenvalue weighted by atomic mass is 9.79. The van der Waals surface area contributed by atoms with Gasteiger partial charge in [0, 0.05) is 31.4 Å². The van der Waals surface area contributed by atoms with Crippen molar-refractivity contribution in [2.45, 2.75) is 63.5 Å². The first-order valence-corrected chi connectivity index (χ1v) is 10.6. The summed E-state index contributed by atoms with van der Waals surface area (Å²) < 4.78 is 3.92. The van der Waals surface area contributed by atoms with E-state index < -0.39 is 0 Å². The molecule has 1 saturated heterocycles. The number of aromatic nitrogens is 5. The molecule has 28 heavy (non-hydrogen) atoms. The minimum absolute atomic E-state index is 0.168. The van der Waals surface area contributed by atoms with E-state index in [2.05, 4.69) is 30.1 Å². The first kappa shape index (κ1) is 19.1. The van der Waals surface area contributed by atoms with Crippen LogP contribution in [0.4, 0.5) is 0 Å². The number of hydrogen-bond donors (Lipinski definition) is 1. The number of likely N-dealkylation sites (tertiary alicyclic amines) is 1. The van der Waals surface area contributed by atoms with Crippen LogP contribution in [0.1, 0.15) is 62.5 Å². The highest BCUT2D eigenvalue weighted by molar-refractivity contribution is 5.78. The Hall–Kier alpha value is -2.22. The topological polar surface area (TPSA) is 80.9 Å². The number of carbonyl (C=O) groups excluding carboxylic acids is 1. The van der Waals surface area contributed by atoms with E-state index in [4.69, 9.17) is 0 Å². The summed E-state index contributed by atoms with van der Waals surface area (Å²) in [5.41, 5.74) is 0. The van der Waals surface area contributed by atoms with Gasteiger partial charge in [0.2, 0.25) is 5.91 Å². The fourth-order valence-corrected chi connectivity index (χ4v) is 4.30. The molecule has 1 aliphatic carbocycles. The smallest absolute Gasteiger partial charge is 0.234 e. The molecule has 8 heteroatoms. The fraction of sp³-hybridized carbons (Fsp3) is 0.700. The van der Waals surface area contributed by atoms with Crippen molar-refractivity contribution in [2.75, 3.05) is 19.6 Å². The maximum atomic E-state index is 12.4. The van der Waals surface area contributed by atoms with Crippen molar-refractivity contribution in [3.8, 4) is 0 Å². The van der Waals surface area contributed by atoms with Crippen LogP contribution in [0.5, 0.6) is 0 Å². The Labute approximate surface area is 166 Å². The zero-order valence-electron chi connectivity index (χ0n) is 16.8. The molecule has 4 rings (SSSR count). The van der Waals surface area contributed by atoms with Crippen LogP contribution in [-0.4, -0.2) is 61.0 Å². The molecule has 0 bridgehead atoms.